The number of benzene rings is 3. The number of amides is 3. The highest BCUT2D eigenvalue weighted by Gasteiger charge is 2.30. The molecule has 0 radical (unpaired) electrons. The molecule has 11 heteroatoms. The van der Waals surface area contributed by atoms with Crippen molar-refractivity contribution in [2.24, 2.45) is 5.10 Å². The van der Waals surface area contributed by atoms with Crippen LogP contribution in [0.1, 0.15) is 16.7 Å². The summed E-state index contributed by atoms with van der Waals surface area (Å²) in [6.07, 6.45) is -3.21. The first kappa shape index (κ1) is 25.9. The number of aryl methyl sites for hydroxylation is 1. The van der Waals surface area contributed by atoms with Crippen molar-refractivity contribution in [2.75, 3.05) is 17.2 Å². The molecular weight excluding hydrogens is 477 g/mol. The Morgan fingerprint density at radius 1 is 0.889 bits per heavy atom. The molecule has 36 heavy (non-hydrogen) atoms. The first-order valence-electron chi connectivity index (χ1n) is 10.5. The molecule has 0 unspecified atom stereocenters. The van der Waals surface area contributed by atoms with E-state index >= 15 is 0 Å². The van der Waals surface area contributed by atoms with Gasteiger partial charge in [0.15, 0.2) is 6.61 Å². The molecule has 0 spiro atoms. The average molecular weight is 498 g/mol. The highest BCUT2D eigenvalue weighted by atomic mass is 19.4. The maximum Gasteiger partial charge on any atom is 0.416 e. The van der Waals surface area contributed by atoms with Crippen molar-refractivity contribution in [1.82, 2.24) is 5.43 Å². The first-order chi connectivity index (χ1) is 17.1. The zero-order valence-corrected chi connectivity index (χ0v) is 18.9. The fraction of sp³-hybridized carbons (Fsp3) is 0.120. The van der Waals surface area contributed by atoms with Gasteiger partial charge < -0.3 is 15.4 Å². The minimum absolute atomic E-state index is 0.000390. The van der Waals surface area contributed by atoms with E-state index in [2.05, 4.69) is 21.2 Å². The van der Waals surface area contributed by atoms with Gasteiger partial charge in [0.05, 0.1) is 11.8 Å². The Morgan fingerprint density at radius 3 is 2.25 bits per heavy atom. The Hall–Kier alpha value is -4.67. The van der Waals surface area contributed by atoms with E-state index in [0.717, 1.165) is 17.7 Å². The van der Waals surface area contributed by atoms with E-state index in [4.69, 9.17) is 4.74 Å². The van der Waals surface area contributed by atoms with E-state index in [1.54, 1.807) is 36.4 Å². The molecule has 3 N–H and O–H groups in total. The molecule has 3 aromatic carbocycles. The van der Waals surface area contributed by atoms with Crippen LogP contribution in [-0.4, -0.2) is 30.5 Å². The lowest BCUT2D eigenvalue weighted by Gasteiger charge is -2.10. The molecule has 0 aliphatic heterocycles. The van der Waals surface area contributed by atoms with Gasteiger partial charge in [-0.25, -0.2) is 5.43 Å². The van der Waals surface area contributed by atoms with Gasteiger partial charge in [-0.05, 0) is 67.1 Å². The number of anilines is 2. The molecule has 0 aliphatic carbocycles. The number of alkyl halides is 3. The molecule has 8 nitrogen and oxygen atoms in total. The van der Waals surface area contributed by atoms with Gasteiger partial charge >= 0.3 is 18.0 Å². The van der Waals surface area contributed by atoms with Gasteiger partial charge in [-0.3, -0.25) is 14.4 Å². The third kappa shape index (κ3) is 7.97. The summed E-state index contributed by atoms with van der Waals surface area (Å²) in [6.45, 7) is 1.48. The van der Waals surface area contributed by atoms with Crippen LogP contribution >= 0.6 is 0 Å². The highest BCUT2D eigenvalue weighted by molar-refractivity contribution is 6.39. The minimum Gasteiger partial charge on any atom is -0.484 e. The molecule has 3 amide bonds. The number of nitrogens with one attached hydrogen (secondary N) is 3. The van der Waals surface area contributed by atoms with Gasteiger partial charge in [0.2, 0.25) is 0 Å². The number of hydrogen-bond donors (Lipinski definition) is 3. The van der Waals surface area contributed by atoms with Crippen molar-refractivity contribution in [2.45, 2.75) is 13.1 Å². The van der Waals surface area contributed by atoms with Crippen molar-refractivity contribution in [3.63, 3.8) is 0 Å². The van der Waals surface area contributed by atoms with Crippen LogP contribution in [0.5, 0.6) is 5.75 Å². The van der Waals surface area contributed by atoms with E-state index in [-0.39, 0.29) is 5.69 Å². The van der Waals surface area contributed by atoms with Gasteiger partial charge in [0, 0.05) is 11.4 Å². The van der Waals surface area contributed by atoms with E-state index in [1.165, 1.54) is 30.5 Å². The number of hydrazone groups is 1. The highest BCUT2D eigenvalue weighted by Crippen LogP contribution is 2.30. The maximum absolute atomic E-state index is 12.8. The summed E-state index contributed by atoms with van der Waals surface area (Å²) >= 11 is 0. The van der Waals surface area contributed by atoms with E-state index in [0.29, 0.717) is 17.0 Å². The Kier molecular flexibility index (Phi) is 8.39. The zero-order valence-electron chi connectivity index (χ0n) is 18.9. The van der Waals surface area contributed by atoms with Crippen LogP contribution in [0.25, 0.3) is 0 Å². The molecule has 0 aromatic heterocycles. The predicted octanol–water partition coefficient (Wildman–Crippen LogP) is 4.12. The fourth-order valence-electron chi connectivity index (χ4n) is 2.81. The predicted molar refractivity (Wildman–Crippen MR) is 128 cm³/mol. The number of rotatable bonds is 7. The summed E-state index contributed by atoms with van der Waals surface area (Å²) in [4.78, 5) is 35.7. The topological polar surface area (TPSA) is 109 Å². The SMILES string of the molecule is Cc1ccc(NC(=O)C(=O)N/N=C\c2ccc(OCC(=O)Nc3cccc(C(F)(F)F)c3)cc2)cc1. The van der Waals surface area contributed by atoms with Gasteiger partial charge in [-0.2, -0.15) is 18.3 Å². The number of hydrogen-bond acceptors (Lipinski definition) is 5. The summed E-state index contributed by atoms with van der Waals surface area (Å²) in [5.74, 6) is -2.12. The number of carbonyl (C=O) groups excluding carboxylic acids is 3. The third-order valence-corrected chi connectivity index (χ3v) is 4.62. The van der Waals surface area contributed by atoms with Crippen LogP contribution in [0, 0.1) is 6.92 Å². The van der Waals surface area contributed by atoms with Crippen molar-refractivity contribution < 1.29 is 32.3 Å². The Morgan fingerprint density at radius 2 is 1.58 bits per heavy atom. The first-order valence-corrected chi connectivity index (χ1v) is 10.5. The standard InChI is InChI=1S/C25H21F3N4O4/c1-16-5-9-19(10-6-16)31-23(34)24(35)32-29-14-17-7-11-21(12-8-17)36-15-22(33)30-20-4-2-3-18(13-20)25(26,27)28/h2-14H,15H2,1H3,(H,30,33)(H,31,34)(H,32,35)/b29-14-. The third-order valence-electron chi connectivity index (χ3n) is 4.62. The molecule has 3 aromatic rings. The maximum atomic E-state index is 12.8. The van der Waals surface area contributed by atoms with Crippen LogP contribution in [-0.2, 0) is 20.6 Å². The monoisotopic (exact) mass is 498 g/mol. The minimum atomic E-state index is -4.51. The van der Waals surface area contributed by atoms with Gasteiger partial charge in [0.25, 0.3) is 5.91 Å². The zero-order chi connectivity index (χ0) is 26.1. The normalized spacial score (nSPS) is 11.1. The van der Waals surface area contributed by atoms with Crippen LogP contribution < -0.4 is 20.8 Å². The summed E-state index contributed by atoms with van der Waals surface area (Å²) in [5, 5.41) is 8.51. The van der Waals surface area contributed by atoms with Gasteiger partial charge in [0.1, 0.15) is 5.75 Å². The average Bonchev–Trinajstić information content (AvgIpc) is 2.84. The smallest absolute Gasteiger partial charge is 0.416 e. The second-order valence-corrected chi connectivity index (χ2v) is 7.50. The summed E-state index contributed by atoms with van der Waals surface area (Å²) in [5.41, 5.74) is 3.30. The van der Waals surface area contributed by atoms with Crippen LogP contribution in [0.2, 0.25) is 0 Å². The lowest BCUT2D eigenvalue weighted by atomic mass is 10.2. The Bertz CT molecular complexity index is 1260. The molecular formula is C25H21F3N4O4. The molecule has 0 saturated carbocycles. The largest absolute Gasteiger partial charge is 0.484 e. The lowest BCUT2D eigenvalue weighted by molar-refractivity contribution is -0.137. The van der Waals surface area contributed by atoms with Crippen LogP contribution in [0.4, 0.5) is 24.5 Å². The fourth-order valence-corrected chi connectivity index (χ4v) is 2.81. The number of ether oxygens (including phenoxy) is 1. The second-order valence-electron chi connectivity index (χ2n) is 7.50. The van der Waals surface area contributed by atoms with E-state index in [1.807, 2.05) is 6.92 Å². The summed E-state index contributed by atoms with van der Waals surface area (Å²) in [7, 11) is 0. The van der Waals surface area contributed by atoms with Crippen LogP contribution in [0.15, 0.2) is 77.9 Å². The molecule has 186 valence electrons. The quantitative estimate of drug-likeness (QED) is 0.259. The van der Waals surface area contributed by atoms with Gasteiger partial charge in [-0.1, -0.05) is 23.8 Å². The Labute approximate surface area is 204 Å². The molecule has 3 rings (SSSR count). The molecule has 0 aliphatic rings. The molecule has 0 fully saturated rings. The van der Waals surface area contributed by atoms with E-state index in [9.17, 15) is 27.6 Å². The molecule has 0 heterocycles. The van der Waals surface area contributed by atoms with Crippen molar-refractivity contribution in [3.05, 3.63) is 89.5 Å². The van der Waals surface area contributed by atoms with Crippen LogP contribution in [0.3, 0.4) is 0 Å². The Balaban J connectivity index is 1.44. The number of carbonyl (C=O) groups is 3. The van der Waals surface area contributed by atoms with Crippen molar-refractivity contribution in [1.29, 1.82) is 0 Å². The van der Waals surface area contributed by atoms with Crippen molar-refractivity contribution >= 4 is 35.3 Å². The second kappa shape index (κ2) is 11.6. The lowest BCUT2D eigenvalue weighted by Crippen LogP contribution is -2.32. The number of nitrogens with zero attached hydrogens (tertiary/aromatic N) is 1. The molecule has 0 saturated heterocycles. The van der Waals surface area contributed by atoms with Crippen molar-refractivity contribution in [3.8, 4) is 5.75 Å². The van der Waals surface area contributed by atoms with E-state index < -0.39 is 36.1 Å². The summed E-state index contributed by atoms with van der Waals surface area (Å²) < 4.78 is 43.6. The summed E-state index contributed by atoms with van der Waals surface area (Å²) in [6, 6.07) is 17.4. The molecule has 0 bridgehead atoms. The number of halogens is 3. The van der Waals surface area contributed by atoms with Gasteiger partial charge in [-0.15, -0.1) is 0 Å². The molecule has 0 atom stereocenters.